The van der Waals surface area contributed by atoms with E-state index < -0.39 is 30.1 Å². The molecule has 0 N–H and O–H groups in total. The van der Waals surface area contributed by atoms with Gasteiger partial charge in [0.15, 0.2) is 0 Å². The van der Waals surface area contributed by atoms with E-state index >= 15 is 0 Å². The highest BCUT2D eigenvalue weighted by Crippen LogP contribution is 2.36. The van der Waals surface area contributed by atoms with E-state index in [2.05, 4.69) is 4.74 Å². The Kier molecular flexibility index (Phi) is 3.84. The number of para-hydroxylation sites is 1. The van der Waals surface area contributed by atoms with Crippen LogP contribution in [-0.2, 0) is 23.8 Å². The van der Waals surface area contributed by atoms with Crippen molar-refractivity contribution in [2.45, 2.75) is 12.1 Å². The van der Waals surface area contributed by atoms with Crippen molar-refractivity contribution in [3.8, 4) is 0 Å². The number of rotatable bonds is 3. The van der Waals surface area contributed by atoms with Crippen LogP contribution in [0, 0.1) is 0 Å². The minimum absolute atomic E-state index is 0.310. The summed E-state index contributed by atoms with van der Waals surface area (Å²) in [7, 11) is 3.89. The first-order valence-electron chi connectivity index (χ1n) is 6.17. The zero-order valence-electron chi connectivity index (χ0n) is 11.9. The van der Waals surface area contributed by atoms with Gasteiger partial charge in [-0.25, -0.2) is 9.59 Å². The number of cyclic esters (lactones) is 1. The van der Waals surface area contributed by atoms with Crippen molar-refractivity contribution in [2.24, 2.45) is 0 Å². The van der Waals surface area contributed by atoms with Crippen molar-refractivity contribution in [3.05, 3.63) is 29.8 Å². The number of anilines is 1. The average Bonchev–Trinajstić information content (AvgIpc) is 2.51. The summed E-state index contributed by atoms with van der Waals surface area (Å²) in [5.41, 5.74) is -1.08. The number of esters is 3. The maximum atomic E-state index is 12.2. The number of ether oxygens (including phenoxy) is 3. The van der Waals surface area contributed by atoms with Crippen molar-refractivity contribution in [1.29, 1.82) is 0 Å². The molecule has 1 unspecified atom stereocenters. The second-order valence-corrected chi connectivity index (χ2v) is 4.49. The molecule has 1 atom stereocenters. The third kappa shape index (κ3) is 2.31. The van der Waals surface area contributed by atoms with Crippen molar-refractivity contribution in [3.63, 3.8) is 0 Å². The summed E-state index contributed by atoms with van der Waals surface area (Å²) in [6, 6.07) is 6.63. The van der Waals surface area contributed by atoms with Gasteiger partial charge in [-0.2, -0.15) is 0 Å². The van der Waals surface area contributed by atoms with E-state index in [0.717, 1.165) is 7.11 Å². The lowest BCUT2D eigenvalue weighted by molar-refractivity contribution is -0.170. The Labute approximate surface area is 121 Å². The molecule has 0 aliphatic carbocycles. The van der Waals surface area contributed by atoms with Crippen LogP contribution in [0.2, 0.25) is 0 Å². The van der Waals surface area contributed by atoms with Crippen LogP contribution in [0.3, 0.4) is 0 Å². The number of fused-ring (bicyclic) bond motifs is 1. The van der Waals surface area contributed by atoms with E-state index in [4.69, 9.17) is 9.47 Å². The van der Waals surface area contributed by atoms with Crippen LogP contribution in [0.1, 0.15) is 16.8 Å². The molecule has 0 spiro atoms. The summed E-state index contributed by atoms with van der Waals surface area (Å²) in [6.07, 6.45) is -0.466. The lowest BCUT2D eigenvalue weighted by Crippen LogP contribution is -2.60. The van der Waals surface area contributed by atoms with Crippen LogP contribution in [0.5, 0.6) is 0 Å². The molecule has 0 aromatic heterocycles. The average molecular weight is 293 g/mol. The summed E-state index contributed by atoms with van der Waals surface area (Å²) in [5, 5.41) is 0. The van der Waals surface area contributed by atoms with E-state index in [1.807, 2.05) is 0 Å². The molecule has 1 aliphatic heterocycles. The molecule has 21 heavy (non-hydrogen) atoms. The lowest BCUT2D eigenvalue weighted by Gasteiger charge is -2.42. The highest BCUT2D eigenvalue weighted by molar-refractivity contribution is 6.03. The molecule has 1 aliphatic rings. The first-order chi connectivity index (χ1) is 9.96. The van der Waals surface area contributed by atoms with Gasteiger partial charge in [-0.1, -0.05) is 12.1 Å². The van der Waals surface area contributed by atoms with E-state index in [0.29, 0.717) is 11.3 Å². The van der Waals surface area contributed by atoms with Crippen LogP contribution in [-0.4, -0.2) is 44.9 Å². The molecule has 2 rings (SSSR count). The summed E-state index contributed by atoms with van der Waals surface area (Å²) in [5.74, 6) is -2.24. The molecule has 0 fully saturated rings. The van der Waals surface area contributed by atoms with Gasteiger partial charge in [0, 0.05) is 7.05 Å². The number of carbonyl (C=O) groups excluding carboxylic acids is 3. The third-order valence-corrected chi connectivity index (χ3v) is 3.40. The Hall–Kier alpha value is -2.57. The first kappa shape index (κ1) is 14.8. The SMILES string of the molecule is COC(=O)CC1(C(=O)OC)OC(=O)c2ccccc2N1C. The fourth-order valence-electron chi connectivity index (χ4n) is 2.24. The quantitative estimate of drug-likeness (QED) is 0.600. The second-order valence-electron chi connectivity index (χ2n) is 4.49. The van der Waals surface area contributed by atoms with Gasteiger partial charge in [-0.15, -0.1) is 0 Å². The molecule has 0 bridgehead atoms. The van der Waals surface area contributed by atoms with E-state index in [1.54, 1.807) is 31.3 Å². The molecule has 7 nitrogen and oxygen atoms in total. The monoisotopic (exact) mass is 293 g/mol. The Balaban J connectivity index is 2.54. The Morgan fingerprint density at radius 3 is 2.52 bits per heavy atom. The highest BCUT2D eigenvalue weighted by Gasteiger charge is 2.53. The third-order valence-electron chi connectivity index (χ3n) is 3.40. The van der Waals surface area contributed by atoms with Gasteiger partial charge in [0.05, 0.1) is 25.5 Å². The molecular weight excluding hydrogens is 278 g/mol. The molecule has 1 aromatic carbocycles. The van der Waals surface area contributed by atoms with Crippen LogP contribution in [0.15, 0.2) is 24.3 Å². The molecule has 1 aromatic rings. The Morgan fingerprint density at radius 2 is 1.90 bits per heavy atom. The molecule has 112 valence electrons. The summed E-state index contributed by atoms with van der Waals surface area (Å²) in [6.45, 7) is 0. The maximum Gasteiger partial charge on any atom is 0.373 e. The van der Waals surface area contributed by atoms with E-state index in [1.165, 1.54) is 12.0 Å². The number of hydrogen-bond acceptors (Lipinski definition) is 7. The van der Waals surface area contributed by atoms with Crippen LogP contribution in [0.25, 0.3) is 0 Å². The maximum absolute atomic E-state index is 12.2. The number of carbonyl (C=O) groups is 3. The van der Waals surface area contributed by atoms with E-state index in [9.17, 15) is 14.4 Å². The minimum atomic E-state index is -1.87. The van der Waals surface area contributed by atoms with Crippen LogP contribution < -0.4 is 4.90 Å². The number of methoxy groups -OCH3 is 2. The number of hydrogen-bond donors (Lipinski definition) is 0. The zero-order valence-corrected chi connectivity index (χ0v) is 11.9. The fraction of sp³-hybridized carbons (Fsp3) is 0.357. The fourth-order valence-corrected chi connectivity index (χ4v) is 2.24. The zero-order chi connectivity index (χ0) is 15.6. The van der Waals surface area contributed by atoms with Gasteiger partial charge < -0.3 is 19.1 Å². The normalized spacial score (nSPS) is 20.3. The molecule has 0 radical (unpaired) electrons. The molecule has 0 saturated carbocycles. The van der Waals surface area contributed by atoms with Gasteiger partial charge in [-0.3, -0.25) is 4.79 Å². The number of likely N-dealkylation sites (N-methyl/N-ethyl adjacent to an activating group) is 1. The van der Waals surface area contributed by atoms with Crippen molar-refractivity contribution >= 4 is 23.6 Å². The predicted octanol–water partition coefficient (Wildman–Crippen LogP) is 0.726. The van der Waals surface area contributed by atoms with Gasteiger partial charge >= 0.3 is 17.9 Å². The minimum Gasteiger partial charge on any atom is -0.469 e. The summed E-state index contributed by atoms with van der Waals surface area (Å²) in [4.78, 5) is 37.3. The largest absolute Gasteiger partial charge is 0.469 e. The van der Waals surface area contributed by atoms with Gasteiger partial charge in [0.1, 0.15) is 6.42 Å². The van der Waals surface area contributed by atoms with Crippen molar-refractivity contribution in [1.82, 2.24) is 0 Å². The lowest BCUT2D eigenvalue weighted by atomic mass is 10.0. The summed E-state index contributed by atoms with van der Waals surface area (Å²) < 4.78 is 14.5. The molecule has 7 heteroatoms. The Bertz CT molecular complexity index is 599. The predicted molar refractivity (Wildman–Crippen MR) is 71.6 cm³/mol. The molecule has 1 heterocycles. The van der Waals surface area contributed by atoms with Crippen molar-refractivity contribution < 1.29 is 28.6 Å². The van der Waals surface area contributed by atoms with Gasteiger partial charge in [-0.05, 0) is 12.1 Å². The summed E-state index contributed by atoms with van der Waals surface area (Å²) >= 11 is 0. The highest BCUT2D eigenvalue weighted by atomic mass is 16.6. The van der Waals surface area contributed by atoms with Crippen LogP contribution >= 0.6 is 0 Å². The van der Waals surface area contributed by atoms with Crippen LogP contribution in [0.4, 0.5) is 5.69 Å². The standard InChI is InChI=1S/C14H15NO6/c1-15-10-7-5-4-6-9(10)12(17)21-14(15,13(18)20-3)8-11(16)19-2/h4-7H,8H2,1-3H3. The van der Waals surface area contributed by atoms with Gasteiger partial charge in [0.2, 0.25) is 0 Å². The molecule has 0 amide bonds. The molecule has 0 saturated heterocycles. The number of benzene rings is 1. The molecular formula is C14H15NO6. The Morgan fingerprint density at radius 1 is 1.24 bits per heavy atom. The second kappa shape index (κ2) is 5.43. The topological polar surface area (TPSA) is 82.1 Å². The van der Waals surface area contributed by atoms with Crippen molar-refractivity contribution in [2.75, 3.05) is 26.2 Å². The first-order valence-corrected chi connectivity index (χ1v) is 6.17. The number of nitrogens with zero attached hydrogens (tertiary/aromatic N) is 1. The van der Waals surface area contributed by atoms with E-state index in [-0.39, 0.29) is 0 Å². The van der Waals surface area contributed by atoms with Gasteiger partial charge in [0.25, 0.3) is 5.72 Å². The smallest absolute Gasteiger partial charge is 0.373 e.